The van der Waals surface area contributed by atoms with Gasteiger partial charge in [-0.2, -0.15) is 0 Å². The summed E-state index contributed by atoms with van der Waals surface area (Å²) in [5, 5.41) is 3.48. The number of amides is 1. The summed E-state index contributed by atoms with van der Waals surface area (Å²) in [6, 6.07) is 12.7. The van der Waals surface area contributed by atoms with E-state index in [1.54, 1.807) is 38.3 Å². The third-order valence-electron chi connectivity index (χ3n) is 4.65. The van der Waals surface area contributed by atoms with Crippen molar-refractivity contribution in [1.82, 2.24) is 5.32 Å². The summed E-state index contributed by atoms with van der Waals surface area (Å²) in [6.45, 7) is 3.75. The first-order valence-electron chi connectivity index (χ1n) is 9.40. The van der Waals surface area contributed by atoms with E-state index in [4.69, 9.17) is 16.3 Å². The van der Waals surface area contributed by atoms with Crippen molar-refractivity contribution in [2.45, 2.75) is 38.8 Å². The van der Waals surface area contributed by atoms with E-state index in [2.05, 4.69) is 5.32 Å². The molecule has 158 valence electrons. The van der Waals surface area contributed by atoms with Crippen molar-refractivity contribution in [1.29, 1.82) is 0 Å². The number of sulfonamides is 1. The monoisotopic (exact) mass is 438 g/mol. The normalized spacial score (nSPS) is 13.4. The molecule has 0 heterocycles. The maximum Gasteiger partial charge on any atom is 0.244 e. The summed E-state index contributed by atoms with van der Waals surface area (Å²) in [5.74, 6) is 0.378. The van der Waals surface area contributed by atoms with Gasteiger partial charge in [0.05, 0.1) is 25.1 Å². The van der Waals surface area contributed by atoms with Gasteiger partial charge >= 0.3 is 0 Å². The zero-order chi connectivity index (χ0) is 21.6. The fraction of sp³-hybridized carbons (Fsp3) is 0.381. The predicted octanol–water partition coefficient (Wildman–Crippen LogP) is 4.16. The van der Waals surface area contributed by atoms with Gasteiger partial charge in [-0.05, 0) is 54.8 Å². The SMILES string of the molecule is CC[C@H](NC(=O)[C@@H](CC)N(c1ccc(Cl)cc1)S(C)(=O)=O)c1ccc(OC)cc1. The van der Waals surface area contributed by atoms with Crippen LogP contribution >= 0.6 is 11.6 Å². The number of nitrogens with one attached hydrogen (secondary N) is 1. The Bertz CT molecular complexity index is 915. The molecule has 0 saturated heterocycles. The Balaban J connectivity index is 2.30. The summed E-state index contributed by atoms with van der Waals surface area (Å²) in [5.41, 5.74) is 1.32. The van der Waals surface area contributed by atoms with Crippen LogP contribution in [0.1, 0.15) is 38.3 Å². The average Bonchev–Trinajstić information content (AvgIpc) is 2.70. The second kappa shape index (κ2) is 9.98. The Kier molecular flexibility index (Phi) is 7.93. The van der Waals surface area contributed by atoms with Gasteiger partial charge in [-0.3, -0.25) is 9.10 Å². The van der Waals surface area contributed by atoms with Crippen LogP contribution in [-0.4, -0.2) is 33.7 Å². The molecule has 0 spiro atoms. The van der Waals surface area contributed by atoms with E-state index in [0.29, 0.717) is 23.6 Å². The smallest absolute Gasteiger partial charge is 0.244 e. The number of methoxy groups -OCH3 is 1. The van der Waals surface area contributed by atoms with Gasteiger partial charge in [0.15, 0.2) is 0 Å². The van der Waals surface area contributed by atoms with E-state index in [1.807, 2.05) is 31.2 Å². The molecule has 2 rings (SSSR count). The lowest BCUT2D eigenvalue weighted by Gasteiger charge is -2.31. The molecule has 0 aliphatic rings. The highest BCUT2D eigenvalue weighted by atomic mass is 35.5. The first-order chi connectivity index (χ1) is 13.7. The summed E-state index contributed by atoms with van der Waals surface area (Å²) in [7, 11) is -2.10. The van der Waals surface area contributed by atoms with Gasteiger partial charge in [0, 0.05) is 5.02 Å². The summed E-state index contributed by atoms with van der Waals surface area (Å²) >= 11 is 5.93. The van der Waals surface area contributed by atoms with E-state index >= 15 is 0 Å². The number of rotatable bonds is 9. The van der Waals surface area contributed by atoms with Crippen molar-refractivity contribution >= 4 is 33.2 Å². The van der Waals surface area contributed by atoms with Crippen molar-refractivity contribution < 1.29 is 17.9 Å². The van der Waals surface area contributed by atoms with Crippen LogP contribution in [0, 0.1) is 0 Å². The minimum atomic E-state index is -3.69. The number of ether oxygens (including phenoxy) is 1. The highest BCUT2D eigenvalue weighted by Gasteiger charge is 2.32. The predicted molar refractivity (Wildman–Crippen MR) is 117 cm³/mol. The number of benzene rings is 2. The van der Waals surface area contributed by atoms with Crippen LogP contribution in [0.3, 0.4) is 0 Å². The van der Waals surface area contributed by atoms with E-state index < -0.39 is 16.1 Å². The summed E-state index contributed by atoms with van der Waals surface area (Å²) < 4.78 is 31.4. The maximum atomic E-state index is 13.1. The van der Waals surface area contributed by atoms with Gasteiger partial charge in [-0.15, -0.1) is 0 Å². The van der Waals surface area contributed by atoms with E-state index in [1.165, 1.54) is 0 Å². The molecule has 0 radical (unpaired) electrons. The number of nitrogens with zero attached hydrogens (tertiary/aromatic N) is 1. The van der Waals surface area contributed by atoms with Gasteiger partial charge in [0.2, 0.25) is 15.9 Å². The fourth-order valence-corrected chi connectivity index (χ4v) is 4.51. The van der Waals surface area contributed by atoms with E-state index in [0.717, 1.165) is 21.9 Å². The van der Waals surface area contributed by atoms with Crippen LogP contribution in [0.4, 0.5) is 5.69 Å². The lowest BCUT2D eigenvalue weighted by Crippen LogP contribution is -2.50. The van der Waals surface area contributed by atoms with Crippen molar-refractivity contribution in [3.05, 3.63) is 59.1 Å². The van der Waals surface area contributed by atoms with Gasteiger partial charge in [0.25, 0.3) is 0 Å². The van der Waals surface area contributed by atoms with Crippen molar-refractivity contribution in [2.24, 2.45) is 0 Å². The number of carbonyl (C=O) groups excluding carboxylic acids is 1. The lowest BCUT2D eigenvalue weighted by atomic mass is 10.0. The molecule has 1 N–H and O–H groups in total. The molecule has 0 aliphatic heterocycles. The molecule has 0 unspecified atom stereocenters. The number of hydrogen-bond donors (Lipinski definition) is 1. The number of anilines is 1. The Morgan fingerprint density at radius 1 is 1.07 bits per heavy atom. The van der Waals surface area contributed by atoms with Crippen molar-refractivity contribution in [3.63, 3.8) is 0 Å². The molecule has 0 fully saturated rings. The first-order valence-corrected chi connectivity index (χ1v) is 11.6. The molecule has 8 heteroatoms. The Hall–Kier alpha value is -2.25. The minimum Gasteiger partial charge on any atom is -0.497 e. The molecule has 2 aromatic carbocycles. The second-order valence-corrected chi connectivity index (χ2v) is 9.00. The number of hydrogen-bond acceptors (Lipinski definition) is 4. The zero-order valence-electron chi connectivity index (χ0n) is 17.1. The molecular formula is C21H27ClN2O4S. The lowest BCUT2D eigenvalue weighted by molar-refractivity contribution is -0.123. The van der Waals surface area contributed by atoms with Crippen molar-refractivity contribution in [2.75, 3.05) is 17.7 Å². The molecular weight excluding hydrogens is 412 g/mol. The average molecular weight is 439 g/mol. The maximum absolute atomic E-state index is 13.1. The standard InChI is InChI=1S/C21H27ClN2O4S/c1-5-19(15-7-13-18(28-3)14-8-15)23-21(25)20(6-2)24(29(4,26)27)17-11-9-16(22)10-12-17/h7-14,19-20H,5-6H2,1-4H3,(H,23,25)/t19-,20+/m0/s1. The first kappa shape index (κ1) is 23.0. The van der Waals surface area contributed by atoms with Crippen LogP contribution < -0.4 is 14.4 Å². The zero-order valence-corrected chi connectivity index (χ0v) is 18.6. The van der Waals surface area contributed by atoms with Crippen LogP contribution in [0.25, 0.3) is 0 Å². The van der Waals surface area contributed by atoms with Crippen LogP contribution in [0.2, 0.25) is 5.02 Å². The second-order valence-electron chi connectivity index (χ2n) is 6.70. The van der Waals surface area contributed by atoms with Crippen molar-refractivity contribution in [3.8, 4) is 5.75 Å². The number of halogens is 1. The molecule has 0 saturated carbocycles. The minimum absolute atomic E-state index is 0.242. The van der Waals surface area contributed by atoms with Crippen LogP contribution in [0.5, 0.6) is 5.75 Å². The van der Waals surface area contributed by atoms with Crippen LogP contribution in [-0.2, 0) is 14.8 Å². The Morgan fingerprint density at radius 2 is 1.66 bits per heavy atom. The highest BCUT2D eigenvalue weighted by Crippen LogP contribution is 2.26. The van der Waals surface area contributed by atoms with E-state index in [9.17, 15) is 13.2 Å². The molecule has 0 bridgehead atoms. The fourth-order valence-electron chi connectivity index (χ4n) is 3.17. The summed E-state index contributed by atoms with van der Waals surface area (Å²) in [4.78, 5) is 13.1. The molecule has 29 heavy (non-hydrogen) atoms. The van der Waals surface area contributed by atoms with E-state index in [-0.39, 0.29) is 11.9 Å². The van der Waals surface area contributed by atoms with Crippen LogP contribution in [0.15, 0.2) is 48.5 Å². The Morgan fingerprint density at radius 3 is 2.10 bits per heavy atom. The molecule has 2 atom stereocenters. The summed E-state index contributed by atoms with van der Waals surface area (Å²) in [6.07, 6.45) is 2.08. The molecule has 0 aromatic heterocycles. The molecule has 1 amide bonds. The third-order valence-corrected chi connectivity index (χ3v) is 6.09. The topological polar surface area (TPSA) is 75.7 Å². The number of carbonyl (C=O) groups is 1. The quantitative estimate of drug-likeness (QED) is 0.637. The molecule has 6 nitrogen and oxygen atoms in total. The van der Waals surface area contributed by atoms with Gasteiger partial charge in [-0.1, -0.05) is 37.6 Å². The molecule has 2 aromatic rings. The Labute approximate surface area is 177 Å². The van der Waals surface area contributed by atoms with Gasteiger partial charge in [0.1, 0.15) is 11.8 Å². The largest absolute Gasteiger partial charge is 0.497 e. The van der Waals surface area contributed by atoms with Gasteiger partial charge in [-0.25, -0.2) is 8.42 Å². The van der Waals surface area contributed by atoms with Gasteiger partial charge < -0.3 is 10.1 Å². The highest BCUT2D eigenvalue weighted by molar-refractivity contribution is 7.92. The third kappa shape index (κ3) is 5.87. The molecule has 0 aliphatic carbocycles.